The van der Waals surface area contributed by atoms with Crippen molar-refractivity contribution in [3.8, 4) is 17.6 Å². The lowest BCUT2D eigenvalue weighted by Crippen LogP contribution is -2.50. The van der Waals surface area contributed by atoms with Crippen molar-refractivity contribution < 1.29 is 9.53 Å². The number of hydrogen-bond acceptors (Lipinski definition) is 2. The molecule has 0 saturated heterocycles. The third-order valence-corrected chi connectivity index (χ3v) is 12.7. The van der Waals surface area contributed by atoms with Crippen LogP contribution >= 0.6 is 0 Å². The Hall–Kier alpha value is -2.54. The van der Waals surface area contributed by atoms with Crippen molar-refractivity contribution in [1.29, 1.82) is 0 Å². The summed E-state index contributed by atoms with van der Waals surface area (Å²) >= 11 is 0. The van der Waals surface area contributed by atoms with E-state index in [1.165, 1.54) is 16.3 Å². The second-order valence-electron chi connectivity index (χ2n) is 9.92. The molecule has 1 N–H and O–H groups in total. The molecular formula is C30H38O2Si. The summed E-state index contributed by atoms with van der Waals surface area (Å²) in [5, 5.41) is 11.3. The molecular weight excluding hydrogens is 420 g/mol. The molecule has 3 aromatic rings. The van der Waals surface area contributed by atoms with E-state index < -0.39 is 8.32 Å². The van der Waals surface area contributed by atoms with Crippen LogP contribution < -0.4 is 4.43 Å². The number of hydrogen-bond donors (Lipinski definition) is 1. The summed E-state index contributed by atoms with van der Waals surface area (Å²) in [6.45, 7) is 14.2. The predicted octanol–water partition coefficient (Wildman–Crippen LogP) is 7.72. The molecule has 3 rings (SSSR count). The van der Waals surface area contributed by atoms with Gasteiger partial charge in [0.15, 0.2) is 0 Å². The van der Waals surface area contributed by atoms with Crippen molar-refractivity contribution in [3.63, 3.8) is 0 Å². The first kappa shape index (κ1) is 25.1. The highest BCUT2D eigenvalue weighted by molar-refractivity contribution is 6.78. The van der Waals surface area contributed by atoms with Gasteiger partial charge in [-0.25, -0.2) is 0 Å². The van der Waals surface area contributed by atoms with Crippen LogP contribution in [0, 0.1) is 11.8 Å². The largest absolute Gasteiger partial charge is 0.543 e. The second-order valence-corrected chi connectivity index (χ2v) is 15.3. The highest BCUT2D eigenvalue weighted by Gasteiger charge is 2.46. The number of aliphatic hydroxyl groups excluding tert-OH is 1. The zero-order chi connectivity index (χ0) is 24.0. The van der Waals surface area contributed by atoms with Gasteiger partial charge in [-0.1, -0.05) is 77.6 Å². The molecule has 0 fully saturated rings. The number of aliphatic hydroxyl groups is 1. The molecule has 0 aromatic heterocycles. The third kappa shape index (κ3) is 5.88. The van der Waals surface area contributed by atoms with E-state index in [2.05, 4.69) is 114 Å². The van der Waals surface area contributed by atoms with Crippen LogP contribution in [0.1, 0.15) is 64.7 Å². The van der Waals surface area contributed by atoms with E-state index in [-0.39, 0.29) is 6.61 Å². The Labute approximate surface area is 201 Å². The molecule has 0 radical (unpaired) electrons. The van der Waals surface area contributed by atoms with E-state index in [0.29, 0.717) is 16.6 Å². The van der Waals surface area contributed by atoms with Gasteiger partial charge in [-0.2, -0.15) is 0 Å². The van der Waals surface area contributed by atoms with Crippen LogP contribution in [-0.2, 0) is 6.42 Å². The van der Waals surface area contributed by atoms with E-state index in [1.807, 2.05) is 0 Å². The molecule has 33 heavy (non-hydrogen) atoms. The molecule has 0 saturated carbocycles. The summed E-state index contributed by atoms with van der Waals surface area (Å²) < 4.78 is 6.86. The van der Waals surface area contributed by atoms with Crippen molar-refractivity contribution in [3.05, 3.63) is 77.4 Å². The molecule has 3 heteroatoms. The minimum Gasteiger partial charge on any atom is -0.543 e. The first-order chi connectivity index (χ1) is 15.8. The van der Waals surface area contributed by atoms with Gasteiger partial charge in [0.2, 0.25) is 0 Å². The predicted molar refractivity (Wildman–Crippen MR) is 143 cm³/mol. The minimum atomic E-state index is -1.96. The van der Waals surface area contributed by atoms with Crippen molar-refractivity contribution in [2.75, 3.05) is 6.61 Å². The zero-order valence-electron chi connectivity index (χ0n) is 21.0. The smallest absolute Gasteiger partial charge is 0.258 e. The van der Waals surface area contributed by atoms with Crippen molar-refractivity contribution in [2.24, 2.45) is 0 Å². The van der Waals surface area contributed by atoms with Crippen LogP contribution in [0.5, 0.6) is 5.75 Å². The zero-order valence-corrected chi connectivity index (χ0v) is 22.0. The van der Waals surface area contributed by atoms with Gasteiger partial charge in [-0.05, 0) is 82.2 Å². The summed E-state index contributed by atoms with van der Waals surface area (Å²) in [4.78, 5) is 0. The fourth-order valence-electron chi connectivity index (χ4n) is 5.11. The van der Waals surface area contributed by atoms with Crippen molar-refractivity contribution in [2.45, 2.75) is 71.0 Å². The van der Waals surface area contributed by atoms with E-state index in [9.17, 15) is 0 Å². The molecule has 2 nitrogen and oxygen atoms in total. The quantitative estimate of drug-likeness (QED) is 0.276. The first-order valence-electron chi connectivity index (χ1n) is 12.2. The van der Waals surface area contributed by atoms with Gasteiger partial charge in [0.05, 0.1) is 0 Å². The SMILES string of the molecule is CC(C)[Si](Oc1ccc2cc(C#Cc3ccc(CCCO)cc3)ccc2c1)(C(C)C)C(C)C. The topological polar surface area (TPSA) is 29.5 Å². The van der Waals surface area contributed by atoms with E-state index in [1.54, 1.807) is 0 Å². The molecule has 0 unspecified atom stereocenters. The van der Waals surface area contributed by atoms with E-state index >= 15 is 0 Å². The average Bonchev–Trinajstić information content (AvgIpc) is 2.79. The van der Waals surface area contributed by atoms with Gasteiger partial charge < -0.3 is 9.53 Å². The monoisotopic (exact) mass is 458 g/mol. The highest BCUT2D eigenvalue weighted by Crippen LogP contribution is 2.43. The highest BCUT2D eigenvalue weighted by atomic mass is 28.4. The number of fused-ring (bicyclic) bond motifs is 1. The summed E-state index contributed by atoms with van der Waals surface area (Å²) in [7, 11) is -1.96. The molecule has 0 aliphatic rings. The number of rotatable bonds is 8. The molecule has 0 bridgehead atoms. The van der Waals surface area contributed by atoms with Crippen LogP contribution in [-0.4, -0.2) is 20.0 Å². The normalized spacial score (nSPS) is 11.8. The molecule has 0 spiro atoms. The lowest BCUT2D eigenvalue weighted by Gasteiger charge is -2.42. The lowest BCUT2D eigenvalue weighted by atomic mass is 10.1. The lowest BCUT2D eigenvalue weighted by molar-refractivity contribution is 0.288. The third-order valence-electron chi connectivity index (χ3n) is 6.74. The van der Waals surface area contributed by atoms with Gasteiger partial charge in [-0.15, -0.1) is 0 Å². The first-order valence-corrected chi connectivity index (χ1v) is 14.3. The van der Waals surface area contributed by atoms with E-state index in [4.69, 9.17) is 9.53 Å². The molecule has 0 aliphatic carbocycles. The summed E-state index contributed by atoms with van der Waals surface area (Å²) in [6, 6.07) is 21.2. The molecule has 0 amide bonds. The van der Waals surface area contributed by atoms with Gasteiger partial charge in [0, 0.05) is 17.7 Å². The average molecular weight is 459 g/mol. The second kappa shape index (κ2) is 11.1. The van der Waals surface area contributed by atoms with Gasteiger partial charge in [0.1, 0.15) is 5.75 Å². The fourth-order valence-corrected chi connectivity index (χ4v) is 10.3. The standard InChI is InChI=1S/C30H38O2Si/c1-22(2)33(23(3)4,24(5)6)32-30-18-17-28-20-27(15-16-29(28)21-30)14-13-26-11-9-25(10-12-26)8-7-19-31/h9-12,15-18,20-24,31H,7-8,19H2,1-6H3. The number of aryl methyl sites for hydroxylation is 1. The van der Waals surface area contributed by atoms with Crippen LogP contribution in [0.2, 0.25) is 16.6 Å². The summed E-state index contributed by atoms with van der Waals surface area (Å²) in [5.74, 6) is 7.56. The maximum Gasteiger partial charge on any atom is 0.258 e. The van der Waals surface area contributed by atoms with Gasteiger partial charge in [0.25, 0.3) is 8.32 Å². The fraction of sp³-hybridized carbons (Fsp3) is 0.400. The minimum absolute atomic E-state index is 0.229. The van der Waals surface area contributed by atoms with Gasteiger partial charge in [-0.3, -0.25) is 0 Å². The summed E-state index contributed by atoms with van der Waals surface area (Å²) in [6.07, 6.45) is 1.69. The van der Waals surface area contributed by atoms with E-state index in [0.717, 1.165) is 29.7 Å². The summed E-state index contributed by atoms with van der Waals surface area (Å²) in [5.41, 5.74) is 4.90. The maximum atomic E-state index is 8.97. The Kier molecular flexibility index (Phi) is 8.40. The molecule has 0 aliphatic heterocycles. The maximum absolute atomic E-state index is 8.97. The van der Waals surface area contributed by atoms with Crippen molar-refractivity contribution in [1.82, 2.24) is 0 Å². The Morgan fingerprint density at radius 1 is 0.727 bits per heavy atom. The number of benzene rings is 3. The van der Waals surface area contributed by atoms with Crippen LogP contribution in [0.25, 0.3) is 10.8 Å². The Morgan fingerprint density at radius 2 is 1.27 bits per heavy atom. The van der Waals surface area contributed by atoms with Gasteiger partial charge >= 0.3 is 0 Å². The molecule has 174 valence electrons. The Balaban J connectivity index is 1.81. The van der Waals surface area contributed by atoms with Crippen molar-refractivity contribution >= 4 is 19.1 Å². The van der Waals surface area contributed by atoms with Crippen LogP contribution in [0.3, 0.4) is 0 Å². The van der Waals surface area contributed by atoms with Crippen LogP contribution in [0.15, 0.2) is 60.7 Å². The molecule has 3 aromatic carbocycles. The molecule has 0 heterocycles. The Morgan fingerprint density at radius 3 is 1.88 bits per heavy atom. The van der Waals surface area contributed by atoms with Crippen LogP contribution in [0.4, 0.5) is 0 Å². The molecule has 0 atom stereocenters. The Bertz CT molecular complexity index is 1100.